The maximum absolute atomic E-state index is 11.4. The van der Waals surface area contributed by atoms with Crippen molar-refractivity contribution in [1.82, 2.24) is 0 Å². The Kier molecular flexibility index (Phi) is 13.8. The summed E-state index contributed by atoms with van der Waals surface area (Å²) in [5.74, 6) is -0.0911. The molecule has 3 nitrogen and oxygen atoms in total. The Bertz CT molecular complexity index is 202. The van der Waals surface area contributed by atoms with Gasteiger partial charge in [0.25, 0.3) is 0 Å². The third kappa shape index (κ3) is 9.92. The van der Waals surface area contributed by atoms with Crippen molar-refractivity contribution in [3.63, 3.8) is 0 Å². The standard InChI is InChI=1S/C12H24O2Si.H2O/c1-4-6-8-10-15-14-12(13)11(3)9-7-5-2;/h9H,4-8,10,15H2,1-3H3;1H2. The molecule has 0 radical (unpaired) electrons. The summed E-state index contributed by atoms with van der Waals surface area (Å²) in [6, 6.07) is 1.13. The van der Waals surface area contributed by atoms with E-state index in [-0.39, 0.29) is 11.4 Å². The van der Waals surface area contributed by atoms with Crippen LogP contribution in [0.1, 0.15) is 52.9 Å². The van der Waals surface area contributed by atoms with E-state index in [2.05, 4.69) is 13.8 Å². The van der Waals surface area contributed by atoms with Crippen molar-refractivity contribution < 1.29 is 14.7 Å². The number of rotatable bonds is 8. The molecule has 0 aromatic carbocycles. The van der Waals surface area contributed by atoms with E-state index < -0.39 is 9.76 Å². The molecule has 0 fully saturated rings. The van der Waals surface area contributed by atoms with Gasteiger partial charge in [-0.25, -0.2) is 4.79 Å². The summed E-state index contributed by atoms with van der Waals surface area (Å²) in [6.45, 7) is 6.14. The second-order valence-corrected chi connectivity index (χ2v) is 5.28. The van der Waals surface area contributed by atoms with Gasteiger partial charge in [-0.2, -0.15) is 0 Å². The van der Waals surface area contributed by atoms with Gasteiger partial charge in [0.1, 0.15) is 0 Å². The van der Waals surface area contributed by atoms with Gasteiger partial charge < -0.3 is 9.90 Å². The van der Waals surface area contributed by atoms with Crippen LogP contribution in [0.3, 0.4) is 0 Å². The molecule has 0 saturated carbocycles. The van der Waals surface area contributed by atoms with Crippen molar-refractivity contribution in [2.45, 2.75) is 58.9 Å². The van der Waals surface area contributed by atoms with E-state index in [4.69, 9.17) is 4.43 Å². The Hall–Kier alpha value is -0.613. The van der Waals surface area contributed by atoms with Crippen LogP contribution in [0, 0.1) is 0 Å². The van der Waals surface area contributed by atoms with Crippen LogP contribution in [0.5, 0.6) is 0 Å². The fourth-order valence-electron chi connectivity index (χ4n) is 1.25. The number of carbonyl (C=O) groups is 1. The lowest BCUT2D eigenvalue weighted by Gasteiger charge is -2.04. The molecule has 0 aliphatic carbocycles. The minimum absolute atomic E-state index is 0. The topological polar surface area (TPSA) is 57.8 Å². The molecule has 0 amide bonds. The first-order valence-electron chi connectivity index (χ1n) is 6.06. The maximum atomic E-state index is 11.4. The third-order valence-electron chi connectivity index (χ3n) is 2.29. The summed E-state index contributed by atoms with van der Waals surface area (Å²) in [6.07, 6.45) is 7.74. The Morgan fingerprint density at radius 3 is 2.50 bits per heavy atom. The number of carbonyl (C=O) groups excluding carboxylic acids is 1. The van der Waals surface area contributed by atoms with Crippen LogP contribution < -0.4 is 0 Å². The fourth-order valence-corrected chi connectivity index (χ4v) is 2.37. The Morgan fingerprint density at radius 2 is 1.94 bits per heavy atom. The Balaban J connectivity index is 0. The molecule has 0 saturated heterocycles. The van der Waals surface area contributed by atoms with Crippen molar-refractivity contribution in [3.8, 4) is 0 Å². The maximum Gasteiger partial charge on any atom is 0.319 e. The number of hydrogen-bond acceptors (Lipinski definition) is 2. The lowest BCUT2D eigenvalue weighted by Crippen LogP contribution is -2.09. The molecule has 0 aliphatic heterocycles. The van der Waals surface area contributed by atoms with Crippen LogP contribution in [0.15, 0.2) is 11.6 Å². The molecule has 0 rings (SSSR count). The lowest BCUT2D eigenvalue weighted by molar-refractivity contribution is -0.130. The highest BCUT2D eigenvalue weighted by Gasteiger charge is 2.03. The first-order valence-corrected chi connectivity index (χ1v) is 7.64. The van der Waals surface area contributed by atoms with Gasteiger partial charge in [-0.05, 0) is 19.4 Å². The van der Waals surface area contributed by atoms with Crippen LogP contribution in [-0.4, -0.2) is 21.2 Å². The number of unbranched alkanes of at least 4 members (excludes halogenated alkanes) is 3. The van der Waals surface area contributed by atoms with Gasteiger partial charge in [0.2, 0.25) is 9.76 Å². The summed E-state index contributed by atoms with van der Waals surface area (Å²) in [4.78, 5) is 11.4. The van der Waals surface area contributed by atoms with E-state index in [1.807, 2.05) is 13.0 Å². The number of allylic oxidation sites excluding steroid dienone is 1. The molecule has 0 unspecified atom stereocenters. The molecule has 0 spiro atoms. The van der Waals surface area contributed by atoms with Crippen molar-refractivity contribution in [3.05, 3.63) is 11.6 Å². The summed E-state index contributed by atoms with van der Waals surface area (Å²) in [5.41, 5.74) is 0.778. The van der Waals surface area contributed by atoms with Gasteiger partial charge in [0, 0.05) is 5.57 Å². The highest BCUT2D eigenvalue weighted by atomic mass is 28.2. The van der Waals surface area contributed by atoms with E-state index in [0.29, 0.717) is 0 Å². The van der Waals surface area contributed by atoms with Gasteiger partial charge in [0.15, 0.2) is 0 Å². The fraction of sp³-hybridized carbons (Fsp3) is 0.750. The molecule has 0 atom stereocenters. The molecule has 0 aromatic rings. The summed E-state index contributed by atoms with van der Waals surface area (Å²) in [5, 5.41) is 0. The predicted molar refractivity (Wildman–Crippen MR) is 71.2 cm³/mol. The lowest BCUT2D eigenvalue weighted by atomic mass is 10.2. The van der Waals surface area contributed by atoms with E-state index in [1.165, 1.54) is 19.3 Å². The third-order valence-corrected chi connectivity index (χ3v) is 3.55. The SMILES string of the molecule is CCCC=C(C)C(=O)O[SiH2]CCCCC.O. The van der Waals surface area contributed by atoms with Crippen LogP contribution in [0.4, 0.5) is 0 Å². The van der Waals surface area contributed by atoms with Gasteiger partial charge in [-0.15, -0.1) is 0 Å². The van der Waals surface area contributed by atoms with Gasteiger partial charge >= 0.3 is 5.97 Å². The zero-order valence-corrected chi connectivity index (χ0v) is 12.3. The van der Waals surface area contributed by atoms with Crippen LogP contribution in [-0.2, 0) is 9.22 Å². The van der Waals surface area contributed by atoms with E-state index in [0.717, 1.165) is 24.5 Å². The van der Waals surface area contributed by atoms with Crippen molar-refractivity contribution in [2.24, 2.45) is 0 Å². The van der Waals surface area contributed by atoms with Crippen molar-refractivity contribution in [2.75, 3.05) is 0 Å². The molecular formula is C12H26O3Si. The molecule has 4 heteroatoms. The monoisotopic (exact) mass is 246 g/mol. The van der Waals surface area contributed by atoms with Gasteiger partial charge in [-0.3, -0.25) is 0 Å². The van der Waals surface area contributed by atoms with Crippen molar-refractivity contribution in [1.29, 1.82) is 0 Å². The van der Waals surface area contributed by atoms with Crippen molar-refractivity contribution >= 4 is 15.7 Å². The molecule has 2 N–H and O–H groups in total. The van der Waals surface area contributed by atoms with Crippen LogP contribution in [0.25, 0.3) is 0 Å². The molecule has 96 valence electrons. The molecule has 16 heavy (non-hydrogen) atoms. The van der Waals surface area contributed by atoms with E-state index in [1.54, 1.807) is 0 Å². The Morgan fingerprint density at radius 1 is 1.25 bits per heavy atom. The minimum Gasteiger partial charge on any atom is -0.522 e. The van der Waals surface area contributed by atoms with E-state index in [9.17, 15) is 4.79 Å². The minimum atomic E-state index is -0.613. The quantitative estimate of drug-likeness (QED) is 0.374. The predicted octanol–water partition coefficient (Wildman–Crippen LogP) is 2.14. The molecule has 0 heterocycles. The summed E-state index contributed by atoms with van der Waals surface area (Å²) in [7, 11) is -0.613. The first-order chi connectivity index (χ1) is 7.22. The van der Waals surface area contributed by atoms with Crippen LogP contribution in [0.2, 0.25) is 6.04 Å². The molecule has 0 aromatic heterocycles. The highest BCUT2D eigenvalue weighted by Crippen LogP contribution is 2.03. The average Bonchev–Trinajstić information content (AvgIpc) is 2.25. The average molecular weight is 246 g/mol. The van der Waals surface area contributed by atoms with E-state index >= 15 is 0 Å². The molecule has 0 aliphatic rings. The first kappa shape index (κ1) is 17.8. The Labute approximate surface area is 102 Å². The summed E-state index contributed by atoms with van der Waals surface area (Å²) < 4.78 is 5.28. The second-order valence-electron chi connectivity index (χ2n) is 3.87. The number of hydrogen-bond donors (Lipinski definition) is 0. The largest absolute Gasteiger partial charge is 0.522 e. The smallest absolute Gasteiger partial charge is 0.319 e. The zero-order chi connectivity index (χ0) is 11.5. The normalized spacial score (nSPS) is 11.6. The van der Waals surface area contributed by atoms with Gasteiger partial charge in [-0.1, -0.05) is 45.6 Å². The molecular weight excluding hydrogens is 220 g/mol. The highest BCUT2D eigenvalue weighted by molar-refractivity contribution is 6.31. The molecule has 0 bridgehead atoms. The second kappa shape index (κ2) is 12.5. The van der Waals surface area contributed by atoms with Gasteiger partial charge in [0.05, 0.1) is 0 Å². The van der Waals surface area contributed by atoms with Crippen LogP contribution >= 0.6 is 0 Å². The summed E-state index contributed by atoms with van der Waals surface area (Å²) >= 11 is 0. The zero-order valence-electron chi connectivity index (χ0n) is 10.8.